The predicted octanol–water partition coefficient (Wildman–Crippen LogP) is 2.26. The van der Waals surface area contributed by atoms with Crippen LogP contribution in [0.25, 0.3) is 0 Å². The molecule has 2 amide bonds. The van der Waals surface area contributed by atoms with Crippen molar-refractivity contribution in [1.29, 1.82) is 0 Å². The van der Waals surface area contributed by atoms with E-state index < -0.39 is 0 Å². The number of nitrogens with zero attached hydrogens (tertiary/aromatic N) is 2. The summed E-state index contributed by atoms with van der Waals surface area (Å²) < 4.78 is 5.42. The molecule has 9 heteroatoms. The van der Waals surface area contributed by atoms with E-state index in [4.69, 9.17) is 4.74 Å². The number of methoxy groups -OCH3 is 1. The molecule has 1 fully saturated rings. The minimum atomic E-state index is -0.266. The molecule has 4 rings (SSSR count). The van der Waals surface area contributed by atoms with Gasteiger partial charge >= 0.3 is 0 Å². The maximum atomic E-state index is 12.7. The fourth-order valence-corrected chi connectivity index (χ4v) is 3.64. The first-order valence-corrected chi connectivity index (χ1v) is 9.24. The lowest BCUT2D eigenvalue weighted by molar-refractivity contribution is -0.119. The Hall–Kier alpha value is -2.58. The van der Waals surface area contributed by atoms with E-state index >= 15 is 0 Å². The average molecular weight is 406 g/mol. The second-order valence-corrected chi connectivity index (χ2v) is 6.80. The Morgan fingerprint density at radius 2 is 2.14 bits per heavy atom. The summed E-state index contributed by atoms with van der Waals surface area (Å²) in [5, 5.41) is 13.3. The van der Waals surface area contributed by atoms with Crippen LogP contribution in [0.5, 0.6) is 5.75 Å². The van der Waals surface area contributed by atoms with Gasteiger partial charge in [0, 0.05) is 49.4 Å². The number of hydrogen-bond donors (Lipinski definition) is 3. The van der Waals surface area contributed by atoms with Gasteiger partial charge in [-0.1, -0.05) is 0 Å². The fourth-order valence-electron chi connectivity index (χ4n) is 3.64. The van der Waals surface area contributed by atoms with E-state index in [1.807, 2.05) is 0 Å². The molecule has 3 N–H and O–H groups in total. The van der Waals surface area contributed by atoms with E-state index in [1.165, 1.54) is 0 Å². The fraction of sp³-hybridized carbons (Fsp3) is 0.421. The van der Waals surface area contributed by atoms with Gasteiger partial charge in [0.1, 0.15) is 5.75 Å². The number of hydrogen-bond acceptors (Lipinski definition) is 5. The molecule has 150 valence electrons. The van der Waals surface area contributed by atoms with Crippen molar-refractivity contribution in [3.05, 3.63) is 35.2 Å². The second kappa shape index (κ2) is 8.62. The molecular formula is C19H24ClN5O3. The summed E-state index contributed by atoms with van der Waals surface area (Å²) in [6.07, 6.45) is 3.23. The molecule has 28 heavy (non-hydrogen) atoms. The van der Waals surface area contributed by atoms with Crippen molar-refractivity contribution in [1.82, 2.24) is 15.5 Å². The first-order chi connectivity index (χ1) is 13.2. The normalized spacial score (nSPS) is 16.2. The molecule has 8 nitrogen and oxygen atoms in total. The Bertz CT molecular complexity index is 882. The molecule has 2 aliphatic heterocycles. The zero-order valence-electron chi connectivity index (χ0n) is 15.7. The standard InChI is InChI=1S/C19H23N5O3.ClH/c1-27-16-6-5-12(10-15(16)24-9-3-2-4-17(24)25)21-19(26)18-13-11-20-8-7-14(13)22-23-18;/h5-6,10,20H,2-4,7-9,11H2,1H3,(H,21,26)(H,22,23);1H. The number of halogens is 1. The van der Waals surface area contributed by atoms with Crippen molar-refractivity contribution in [2.24, 2.45) is 0 Å². The molecule has 1 saturated heterocycles. The number of benzene rings is 1. The lowest BCUT2D eigenvalue weighted by Gasteiger charge is -2.28. The molecule has 0 aliphatic carbocycles. The zero-order chi connectivity index (χ0) is 18.8. The molecular weight excluding hydrogens is 382 g/mol. The van der Waals surface area contributed by atoms with E-state index in [-0.39, 0.29) is 24.2 Å². The van der Waals surface area contributed by atoms with Gasteiger partial charge in [0.2, 0.25) is 5.91 Å². The lowest BCUT2D eigenvalue weighted by Crippen LogP contribution is -2.35. The number of aromatic nitrogens is 2. The number of fused-ring (bicyclic) bond motifs is 1. The van der Waals surface area contributed by atoms with E-state index in [2.05, 4.69) is 20.8 Å². The molecule has 2 aliphatic rings. The summed E-state index contributed by atoms with van der Waals surface area (Å²) >= 11 is 0. The van der Waals surface area contributed by atoms with Crippen molar-refractivity contribution < 1.29 is 14.3 Å². The van der Waals surface area contributed by atoms with Crippen molar-refractivity contribution in [2.45, 2.75) is 32.2 Å². The summed E-state index contributed by atoms with van der Waals surface area (Å²) in [6, 6.07) is 5.33. The highest BCUT2D eigenvalue weighted by molar-refractivity contribution is 6.05. The Labute approximate surface area is 169 Å². The number of nitrogens with one attached hydrogen (secondary N) is 3. The van der Waals surface area contributed by atoms with Crippen LogP contribution in [0.15, 0.2) is 18.2 Å². The Morgan fingerprint density at radius 1 is 1.29 bits per heavy atom. The van der Waals surface area contributed by atoms with Crippen LogP contribution in [0.3, 0.4) is 0 Å². The summed E-state index contributed by atoms with van der Waals surface area (Å²) in [5.74, 6) is 0.428. The van der Waals surface area contributed by atoms with Gasteiger partial charge in [-0.05, 0) is 31.0 Å². The Balaban J connectivity index is 0.00000225. The number of aromatic amines is 1. The Kier molecular flexibility index (Phi) is 6.21. The summed E-state index contributed by atoms with van der Waals surface area (Å²) in [6.45, 7) is 2.16. The molecule has 2 aromatic rings. The molecule has 1 aromatic carbocycles. The smallest absolute Gasteiger partial charge is 0.276 e. The van der Waals surface area contributed by atoms with Crippen LogP contribution in [0.2, 0.25) is 0 Å². The topological polar surface area (TPSA) is 99.3 Å². The number of ether oxygens (including phenoxy) is 1. The minimum Gasteiger partial charge on any atom is -0.495 e. The van der Waals surface area contributed by atoms with Gasteiger partial charge in [-0.25, -0.2) is 0 Å². The van der Waals surface area contributed by atoms with Gasteiger partial charge in [0.05, 0.1) is 12.8 Å². The maximum absolute atomic E-state index is 12.7. The van der Waals surface area contributed by atoms with Crippen LogP contribution >= 0.6 is 12.4 Å². The van der Waals surface area contributed by atoms with Crippen LogP contribution in [0.4, 0.5) is 11.4 Å². The largest absolute Gasteiger partial charge is 0.495 e. The molecule has 0 unspecified atom stereocenters. The first-order valence-electron chi connectivity index (χ1n) is 9.24. The molecule has 0 spiro atoms. The van der Waals surface area contributed by atoms with E-state index in [0.29, 0.717) is 42.3 Å². The van der Waals surface area contributed by atoms with Crippen molar-refractivity contribution >= 4 is 35.6 Å². The van der Waals surface area contributed by atoms with E-state index in [0.717, 1.165) is 37.1 Å². The van der Waals surface area contributed by atoms with Gasteiger partial charge in [-0.15, -0.1) is 12.4 Å². The van der Waals surface area contributed by atoms with E-state index in [1.54, 1.807) is 30.2 Å². The highest BCUT2D eigenvalue weighted by Gasteiger charge is 2.24. The molecule has 0 saturated carbocycles. The maximum Gasteiger partial charge on any atom is 0.276 e. The number of carbonyl (C=O) groups is 2. The third kappa shape index (κ3) is 3.83. The number of piperidine rings is 1. The molecule has 3 heterocycles. The van der Waals surface area contributed by atoms with E-state index in [9.17, 15) is 9.59 Å². The van der Waals surface area contributed by atoms with Gasteiger partial charge < -0.3 is 20.3 Å². The molecule has 0 atom stereocenters. The molecule has 1 aromatic heterocycles. The summed E-state index contributed by atoms with van der Waals surface area (Å²) in [4.78, 5) is 26.8. The van der Waals surface area contributed by atoms with Crippen LogP contribution < -0.4 is 20.3 Å². The second-order valence-electron chi connectivity index (χ2n) is 6.80. The molecule has 0 bridgehead atoms. The van der Waals surface area contributed by atoms with Gasteiger partial charge in [-0.2, -0.15) is 5.10 Å². The lowest BCUT2D eigenvalue weighted by atomic mass is 10.1. The summed E-state index contributed by atoms with van der Waals surface area (Å²) in [5.41, 5.74) is 3.62. The van der Waals surface area contributed by atoms with Crippen molar-refractivity contribution in [3.8, 4) is 5.75 Å². The van der Waals surface area contributed by atoms with Gasteiger partial charge in [0.15, 0.2) is 5.69 Å². The van der Waals surface area contributed by atoms with Crippen LogP contribution in [0, 0.1) is 0 Å². The third-order valence-electron chi connectivity index (χ3n) is 5.07. The predicted molar refractivity (Wildman–Crippen MR) is 108 cm³/mol. The Morgan fingerprint density at radius 3 is 2.93 bits per heavy atom. The number of amides is 2. The highest BCUT2D eigenvalue weighted by atomic mass is 35.5. The van der Waals surface area contributed by atoms with Gasteiger partial charge in [0.25, 0.3) is 5.91 Å². The number of rotatable bonds is 4. The molecule has 0 radical (unpaired) electrons. The van der Waals surface area contributed by atoms with Crippen molar-refractivity contribution in [3.63, 3.8) is 0 Å². The number of carbonyl (C=O) groups excluding carboxylic acids is 2. The summed E-state index contributed by atoms with van der Waals surface area (Å²) in [7, 11) is 1.58. The quantitative estimate of drug-likeness (QED) is 0.724. The number of anilines is 2. The highest BCUT2D eigenvalue weighted by Crippen LogP contribution is 2.33. The number of H-pyrrole nitrogens is 1. The van der Waals surface area contributed by atoms with Gasteiger partial charge in [-0.3, -0.25) is 14.7 Å². The monoisotopic (exact) mass is 405 g/mol. The zero-order valence-corrected chi connectivity index (χ0v) is 16.5. The third-order valence-corrected chi connectivity index (χ3v) is 5.07. The van der Waals surface area contributed by atoms with Crippen LogP contribution in [-0.2, 0) is 17.8 Å². The SMILES string of the molecule is COc1ccc(NC(=O)c2n[nH]c3c2CNCC3)cc1N1CCCCC1=O.Cl. The first kappa shape index (κ1) is 20.2. The van der Waals surface area contributed by atoms with Crippen LogP contribution in [-0.4, -0.2) is 42.2 Å². The van der Waals surface area contributed by atoms with Crippen molar-refractivity contribution in [2.75, 3.05) is 30.4 Å². The minimum absolute atomic E-state index is 0. The van der Waals surface area contributed by atoms with Crippen LogP contribution in [0.1, 0.15) is 41.0 Å². The average Bonchev–Trinajstić information content (AvgIpc) is 3.12.